The summed E-state index contributed by atoms with van der Waals surface area (Å²) in [5, 5.41) is 31.9. The Hall–Kier alpha value is -3.08. The molecule has 2 aromatic carbocycles. The van der Waals surface area contributed by atoms with Crippen LogP contribution >= 0.6 is 11.6 Å². The summed E-state index contributed by atoms with van der Waals surface area (Å²) in [4.78, 5) is 14.5. The Labute approximate surface area is 192 Å². The Morgan fingerprint density at radius 2 is 2.06 bits per heavy atom. The van der Waals surface area contributed by atoms with Crippen LogP contribution in [0.5, 0.6) is 0 Å². The van der Waals surface area contributed by atoms with E-state index in [-0.39, 0.29) is 11.9 Å². The van der Waals surface area contributed by atoms with Gasteiger partial charge in [0.05, 0.1) is 29.1 Å². The summed E-state index contributed by atoms with van der Waals surface area (Å²) in [6, 6.07) is 12.5. The van der Waals surface area contributed by atoms with Gasteiger partial charge >= 0.3 is 6.03 Å². The van der Waals surface area contributed by atoms with E-state index in [1.54, 1.807) is 41.4 Å². The molecule has 0 saturated carbocycles. The molecule has 1 fully saturated rings. The first-order chi connectivity index (χ1) is 15.3. The number of aromatic nitrogens is 2. The molecule has 166 valence electrons. The molecular formula is C24H26ClN5O2. The molecule has 8 heteroatoms. The lowest BCUT2D eigenvalue weighted by molar-refractivity contribution is -0.0138. The number of benzene rings is 2. The molecule has 2 heterocycles. The van der Waals surface area contributed by atoms with Crippen LogP contribution in [0.4, 0.5) is 10.5 Å². The van der Waals surface area contributed by atoms with Crippen LogP contribution in [-0.4, -0.2) is 39.3 Å². The fourth-order valence-corrected chi connectivity index (χ4v) is 4.83. The third-order valence-electron chi connectivity index (χ3n) is 6.67. The largest absolute Gasteiger partial charge is 0.388 e. The van der Waals surface area contributed by atoms with Gasteiger partial charge in [-0.25, -0.2) is 4.79 Å². The summed E-state index contributed by atoms with van der Waals surface area (Å²) in [5.74, 6) is 0.213. The van der Waals surface area contributed by atoms with Gasteiger partial charge in [-0.15, -0.1) is 0 Å². The number of hydrogen-bond acceptors (Lipinski definition) is 4. The first kappa shape index (κ1) is 22.1. The first-order valence-electron chi connectivity index (χ1n) is 10.7. The second-order valence-corrected chi connectivity index (χ2v) is 9.34. The summed E-state index contributed by atoms with van der Waals surface area (Å²) in [6.45, 7) is 5.28. The lowest BCUT2D eigenvalue weighted by atomic mass is 9.68. The van der Waals surface area contributed by atoms with Crippen molar-refractivity contribution in [3.63, 3.8) is 0 Å². The van der Waals surface area contributed by atoms with Crippen molar-refractivity contribution in [3.8, 4) is 6.07 Å². The van der Waals surface area contributed by atoms with Gasteiger partial charge in [0.25, 0.3) is 0 Å². The third kappa shape index (κ3) is 4.16. The average molecular weight is 452 g/mol. The molecule has 32 heavy (non-hydrogen) atoms. The van der Waals surface area contributed by atoms with E-state index in [0.717, 1.165) is 29.3 Å². The molecule has 0 spiro atoms. The number of likely N-dealkylation sites (tertiary alicyclic amines) is 1. The highest BCUT2D eigenvalue weighted by Gasteiger charge is 2.40. The SMILES string of the molecule is CC(C)(C1CCN(C(=O)Nc2ccccc2C#N)CC1)C(O)c1cc(Cl)cc2cn[nH]c12. The number of para-hydroxylation sites is 1. The molecule has 1 aliphatic heterocycles. The molecule has 0 radical (unpaired) electrons. The van der Waals surface area contributed by atoms with E-state index in [4.69, 9.17) is 11.6 Å². The minimum absolute atomic E-state index is 0.210. The molecule has 1 unspecified atom stereocenters. The number of hydrogen-bond donors (Lipinski definition) is 3. The molecule has 1 atom stereocenters. The van der Waals surface area contributed by atoms with Gasteiger partial charge in [-0.05, 0) is 48.4 Å². The molecule has 0 bridgehead atoms. The maximum Gasteiger partial charge on any atom is 0.321 e. The number of piperidine rings is 1. The standard InChI is InChI=1S/C24H26ClN5O2/c1-24(2,22(31)19-12-18(25)11-16-14-27-29-21(16)19)17-7-9-30(10-8-17)23(32)28-20-6-4-3-5-15(20)13-26/h3-6,11-12,14,17,22,31H,7-10H2,1-2H3,(H,27,29)(H,28,32). The smallest absolute Gasteiger partial charge is 0.321 e. The van der Waals surface area contributed by atoms with E-state index in [2.05, 4.69) is 35.4 Å². The van der Waals surface area contributed by atoms with Crippen LogP contribution < -0.4 is 5.32 Å². The monoisotopic (exact) mass is 451 g/mol. The van der Waals surface area contributed by atoms with Gasteiger partial charge in [-0.1, -0.05) is 37.6 Å². The van der Waals surface area contributed by atoms with E-state index in [1.807, 2.05) is 6.07 Å². The van der Waals surface area contributed by atoms with E-state index < -0.39 is 11.5 Å². The Balaban J connectivity index is 1.44. The number of carbonyl (C=O) groups excluding carboxylic acids is 1. The van der Waals surface area contributed by atoms with Crippen molar-refractivity contribution in [1.82, 2.24) is 15.1 Å². The van der Waals surface area contributed by atoms with E-state index in [9.17, 15) is 15.2 Å². The Morgan fingerprint density at radius 3 is 2.78 bits per heavy atom. The van der Waals surface area contributed by atoms with Crippen LogP contribution in [-0.2, 0) is 0 Å². The summed E-state index contributed by atoms with van der Waals surface area (Å²) in [5.41, 5.74) is 2.05. The number of urea groups is 1. The molecule has 7 nitrogen and oxygen atoms in total. The minimum atomic E-state index is -0.739. The lowest BCUT2D eigenvalue weighted by Gasteiger charge is -2.43. The van der Waals surface area contributed by atoms with Gasteiger partial charge < -0.3 is 15.3 Å². The average Bonchev–Trinajstić information content (AvgIpc) is 3.26. The zero-order chi connectivity index (χ0) is 22.9. The highest BCUT2D eigenvalue weighted by Crippen LogP contribution is 2.46. The minimum Gasteiger partial charge on any atom is -0.388 e. The molecule has 1 saturated heterocycles. The topological polar surface area (TPSA) is 105 Å². The van der Waals surface area contributed by atoms with Gasteiger partial charge in [-0.3, -0.25) is 5.10 Å². The number of nitrogens with one attached hydrogen (secondary N) is 2. The number of nitrogens with zero attached hydrogens (tertiary/aromatic N) is 3. The number of aliphatic hydroxyl groups excluding tert-OH is 1. The number of nitriles is 1. The summed E-state index contributed by atoms with van der Waals surface area (Å²) >= 11 is 6.28. The van der Waals surface area contributed by atoms with Crippen LogP contribution in [0.15, 0.2) is 42.6 Å². The second-order valence-electron chi connectivity index (χ2n) is 8.90. The number of H-pyrrole nitrogens is 1. The fourth-order valence-electron chi connectivity index (χ4n) is 4.60. The van der Waals surface area contributed by atoms with Gasteiger partial charge in [0, 0.05) is 29.1 Å². The molecule has 3 aromatic rings. The zero-order valence-electron chi connectivity index (χ0n) is 18.1. The maximum absolute atomic E-state index is 12.7. The van der Waals surface area contributed by atoms with E-state index in [0.29, 0.717) is 29.4 Å². The van der Waals surface area contributed by atoms with Crippen molar-refractivity contribution < 1.29 is 9.90 Å². The molecule has 1 aliphatic rings. The van der Waals surface area contributed by atoms with Crippen LogP contribution in [0.2, 0.25) is 5.02 Å². The van der Waals surface area contributed by atoms with Crippen molar-refractivity contribution in [2.45, 2.75) is 32.8 Å². The van der Waals surface area contributed by atoms with Crippen molar-refractivity contribution in [1.29, 1.82) is 5.26 Å². The molecule has 0 aliphatic carbocycles. The number of aliphatic hydroxyl groups is 1. The molecule has 3 N–H and O–H groups in total. The molecule has 1 aromatic heterocycles. The fraction of sp³-hybridized carbons (Fsp3) is 0.375. The highest BCUT2D eigenvalue weighted by molar-refractivity contribution is 6.31. The predicted octanol–water partition coefficient (Wildman–Crippen LogP) is 5.09. The van der Waals surface area contributed by atoms with Crippen molar-refractivity contribution in [2.75, 3.05) is 18.4 Å². The van der Waals surface area contributed by atoms with Crippen molar-refractivity contribution in [2.24, 2.45) is 11.3 Å². The van der Waals surface area contributed by atoms with Gasteiger partial charge in [0.15, 0.2) is 0 Å². The maximum atomic E-state index is 12.7. The van der Waals surface area contributed by atoms with Crippen LogP contribution in [0.3, 0.4) is 0 Å². The third-order valence-corrected chi connectivity index (χ3v) is 6.89. The normalized spacial score (nSPS) is 16.0. The number of halogens is 1. The Morgan fingerprint density at radius 1 is 1.34 bits per heavy atom. The number of carbonyl (C=O) groups is 1. The first-order valence-corrected chi connectivity index (χ1v) is 11.0. The number of fused-ring (bicyclic) bond motifs is 1. The summed E-state index contributed by atoms with van der Waals surface area (Å²) < 4.78 is 0. The van der Waals surface area contributed by atoms with Crippen molar-refractivity contribution in [3.05, 3.63) is 58.7 Å². The number of amides is 2. The van der Waals surface area contributed by atoms with Crippen molar-refractivity contribution >= 4 is 34.2 Å². The van der Waals surface area contributed by atoms with Gasteiger partial charge in [-0.2, -0.15) is 10.4 Å². The van der Waals surface area contributed by atoms with Gasteiger partial charge in [0.1, 0.15) is 6.07 Å². The predicted molar refractivity (Wildman–Crippen MR) is 124 cm³/mol. The number of aromatic amines is 1. The Bertz CT molecular complexity index is 1170. The zero-order valence-corrected chi connectivity index (χ0v) is 18.9. The van der Waals surface area contributed by atoms with E-state index >= 15 is 0 Å². The highest BCUT2D eigenvalue weighted by atomic mass is 35.5. The van der Waals surface area contributed by atoms with Crippen LogP contribution in [0.25, 0.3) is 10.9 Å². The number of anilines is 1. The Kier molecular flexibility index (Phi) is 6.09. The second kappa shape index (κ2) is 8.81. The van der Waals surface area contributed by atoms with Crippen LogP contribution in [0.1, 0.15) is 43.9 Å². The van der Waals surface area contributed by atoms with E-state index in [1.165, 1.54) is 0 Å². The number of rotatable bonds is 4. The summed E-state index contributed by atoms with van der Waals surface area (Å²) in [6.07, 6.45) is 2.50. The van der Waals surface area contributed by atoms with Gasteiger partial charge in [0.2, 0.25) is 0 Å². The van der Waals surface area contributed by atoms with Crippen LogP contribution in [0, 0.1) is 22.7 Å². The molecule has 4 rings (SSSR count). The quantitative estimate of drug-likeness (QED) is 0.513. The lowest BCUT2D eigenvalue weighted by Crippen LogP contribution is -2.45. The molecular weight excluding hydrogens is 426 g/mol. The summed E-state index contributed by atoms with van der Waals surface area (Å²) in [7, 11) is 0. The molecule has 2 amide bonds.